The zero-order valence-corrected chi connectivity index (χ0v) is 9.77. The lowest BCUT2D eigenvalue weighted by atomic mass is 10.1. The van der Waals surface area contributed by atoms with Gasteiger partial charge in [-0.15, -0.1) is 0 Å². The van der Waals surface area contributed by atoms with E-state index >= 15 is 0 Å². The predicted molar refractivity (Wildman–Crippen MR) is 57.4 cm³/mol. The highest BCUT2D eigenvalue weighted by Crippen LogP contribution is 2.15. The second-order valence-corrected chi connectivity index (χ2v) is 3.42. The Morgan fingerprint density at radius 2 is 2.18 bits per heavy atom. The van der Waals surface area contributed by atoms with Crippen LogP contribution in [0.1, 0.15) is 37.8 Å². The lowest BCUT2D eigenvalue weighted by Crippen LogP contribution is -2.12. The number of aliphatic carboxylic acids is 1. The molecular formula is C10H15N3O4. The fourth-order valence-corrected chi connectivity index (χ4v) is 1.36. The van der Waals surface area contributed by atoms with Crippen LogP contribution in [0.15, 0.2) is 0 Å². The van der Waals surface area contributed by atoms with Crippen molar-refractivity contribution in [2.24, 2.45) is 0 Å². The van der Waals surface area contributed by atoms with E-state index < -0.39 is 17.9 Å². The smallest absolute Gasteiger partial charge is 0.314 e. The molecular weight excluding hydrogens is 226 g/mol. The Morgan fingerprint density at radius 3 is 2.71 bits per heavy atom. The van der Waals surface area contributed by atoms with Crippen molar-refractivity contribution >= 4 is 11.9 Å². The lowest BCUT2D eigenvalue weighted by molar-refractivity contribution is -0.142. The Labute approximate surface area is 98.2 Å². The van der Waals surface area contributed by atoms with Gasteiger partial charge in [-0.3, -0.25) is 14.7 Å². The molecule has 0 aliphatic rings. The summed E-state index contributed by atoms with van der Waals surface area (Å²) in [5.41, 5.74) is 0. The van der Waals surface area contributed by atoms with Gasteiger partial charge in [0, 0.05) is 0 Å². The van der Waals surface area contributed by atoms with Gasteiger partial charge in [-0.25, -0.2) is 4.98 Å². The highest BCUT2D eigenvalue weighted by Gasteiger charge is 2.22. The molecule has 0 saturated heterocycles. The third-order valence-electron chi connectivity index (χ3n) is 2.18. The van der Waals surface area contributed by atoms with E-state index in [0.717, 1.165) is 0 Å². The second kappa shape index (κ2) is 5.97. The molecule has 1 aromatic heterocycles. The molecule has 7 heteroatoms. The Kier molecular flexibility index (Phi) is 4.62. The van der Waals surface area contributed by atoms with Gasteiger partial charge in [-0.1, -0.05) is 6.92 Å². The molecule has 1 rings (SSSR count). The number of carbonyl (C=O) groups excluding carboxylic acids is 1. The average Bonchev–Trinajstić information content (AvgIpc) is 2.67. The highest BCUT2D eigenvalue weighted by atomic mass is 16.5. The van der Waals surface area contributed by atoms with Gasteiger partial charge in [0.05, 0.1) is 6.61 Å². The summed E-state index contributed by atoms with van der Waals surface area (Å²) in [7, 11) is 0. The Balaban J connectivity index is 2.70. The number of nitrogens with zero attached hydrogens (tertiary/aromatic N) is 2. The van der Waals surface area contributed by atoms with Gasteiger partial charge in [0.25, 0.3) is 0 Å². The fraction of sp³-hybridized carbons (Fsp3) is 0.600. The molecule has 0 amide bonds. The monoisotopic (exact) mass is 241 g/mol. The summed E-state index contributed by atoms with van der Waals surface area (Å²) in [5.74, 6) is -1.63. The second-order valence-electron chi connectivity index (χ2n) is 3.42. The summed E-state index contributed by atoms with van der Waals surface area (Å²) in [6.45, 7) is 3.74. The summed E-state index contributed by atoms with van der Waals surface area (Å²) >= 11 is 0. The molecule has 7 nitrogen and oxygen atoms in total. The van der Waals surface area contributed by atoms with E-state index in [-0.39, 0.29) is 12.2 Å². The Hall–Kier alpha value is -1.92. The molecule has 1 aromatic rings. The largest absolute Gasteiger partial charge is 0.481 e. The standard InChI is InChI=1S/C10H15N3O4/c1-3-6(10(15)16)9-11-7(12-13-9)5-8(14)17-4-2/h6H,3-5H2,1-2H3,(H,15,16)(H,11,12,13). The van der Waals surface area contributed by atoms with Gasteiger partial charge >= 0.3 is 11.9 Å². The maximum Gasteiger partial charge on any atom is 0.314 e. The number of carbonyl (C=O) groups is 2. The summed E-state index contributed by atoms with van der Waals surface area (Å²) in [6.07, 6.45) is 0.364. The van der Waals surface area contributed by atoms with E-state index in [4.69, 9.17) is 9.84 Å². The highest BCUT2D eigenvalue weighted by molar-refractivity contribution is 5.75. The van der Waals surface area contributed by atoms with E-state index in [1.807, 2.05) is 0 Å². The minimum Gasteiger partial charge on any atom is -0.481 e. The first-order chi connectivity index (χ1) is 8.08. The van der Waals surface area contributed by atoms with Gasteiger partial charge < -0.3 is 9.84 Å². The van der Waals surface area contributed by atoms with Crippen LogP contribution < -0.4 is 0 Å². The molecule has 0 fully saturated rings. The van der Waals surface area contributed by atoms with Crippen molar-refractivity contribution in [3.63, 3.8) is 0 Å². The SMILES string of the molecule is CCOC(=O)Cc1nc(C(CC)C(=O)O)n[nH]1. The van der Waals surface area contributed by atoms with Gasteiger partial charge in [-0.05, 0) is 13.3 Å². The van der Waals surface area contributed by atoms with Crippen LogP contribution in [0.3, 0.4) is 0 Å². The van der Waals surface area contributed by atoms with Crippen LogP contribution in [-0.4, -0.2) is 38.8 Å². The van der Waals surface area contributed by atoms with E-state index in [0.29, 0.717) is 18.9 Å². The summed E-state index contributed by atoms with van der Waals surface area (Å²) < 4.78 is 4.75. The third-order valence-corrected chi connectivity index (χ3v) is 2.18. The molecule has 0 saturated carbocycles. The number of nitrogens with one attached hydrogen (secondary N) is 1. The minimum absolute atomic E-state index is 0.0309. The van der Waals surface area contributed by atoms with Crippen molar-refractivity contribution < 1.29 is 19.4 Å². The normalized spacial score (nSPS) is 12.1. The number of rotatable bonds is 6. The molecule has 0 radical (unpaired) electrons. The molecule has 17 heavy (non-hydrogen) atoms. The summed E-state index contributed by atoms with van der Waals surface area (Å²) in [4.78, 5) is 26.0. The number of H-pyrrole nitrogens is 1. The lowest BCUT2D eigenvalue weighted by Gasteiger charge is -2.02. The topological polar surface area (TPSA) is 105 Å². The van der Waals surface area contributed by atoms with Crippen molar-refractivity contribution in [2.45, 2.75) is 32.6 Å². The van der Waals surface area contributed by atoms with Crippen molar-refractivity contribution in [3.8, 4) is 0 Å². The van der Waals surface area contributed by atoms with Gasteiger partial charge in [0.15, 0.2) is 5.82 Å². The average molecular weight is 241 g/mol. The van der Waals surface area contributed by atoms with Crippen LogP contribution in [0.5, 0.6) is 0 Å². The summed E-state index contributed by atoms with van der Waals surface area (Å²) in [5, 5.41) is 15.3. The van der Waals surface area contributed by atoms with E-state index in [2.05, 4.69) is 15.2 Å². The van der Waals surface area contributed by atoms with Crippen molar-refractivity contribution in [1.29, 1.82) is 0 Å². The predicted octanol–water partition coefficient (Wildman–Crippen LogP) is 0.488. The molecule has 2 N–H and O–H groups in total. The molecule has 1 heterocycles. The number of carboxylic acid groups (broad SMARTS) is 1. The van der Waals surface area contributed by atoms with Gasteiger partial charge in [-0.2, -0.15) is 5.10 Å². The zero-order valence-electron chi connectivity index (χ0n) is 9.77. The Morgan fingerprint density at radius 1 is 1.47 bits per heavy atom. The van der Waals surface area contributed by atoms with Gasteiger partial charge in [0.2, 0.25) is 0 Å². The number of aromatic nitrogens is 3. The Bertz CT molecular complexity index is 402. The fourth-order valence-electron chi connectivity index (χ4n) is 1.36. The van der Waals surface area contributed by atoms with Crippen LogP contribution in [0.2, 0.25) is 0 Å². The number of hydrogen-bond donors (Lipinski definition) is 2. The number of hydrogen-bond acceptors (Lipinski definition) is 5. The van der Waals surface area contributed by atoms with Crippen molar-refractivity contribution in [2.75, 3.05) is 6.61 Å². The molecule has 0 aliphatic heterocycles. The molecule has 94 valence electrons. The molecule has 1 atom stereocenters. The number of esters is 1. The summed E-state index contributed by atoms with van der Waals surface area (Å²) in [6, 6.07) is 0. The van der Waals surface area contributed by atoms with E-state index in [1.165, 1.54) is 0 Å². The quantitative estimate of drug-likeness (QED) is 0.702. The third kappa shape index (κ3) is 3.54. The first-order valence-electron chi connectivity index (χ1n) is 5.38. The van der Waals surface area contributed by atoms with E-state index in [1.54, 1.807) is 13.8 Å². The van der Waals surface area contributed by atoms with Crippen LogP contribution in [0.25, 0.3) is 0 Å². The number of ether oxygens (including phenoxy) is 1. The van der Waals surface area contributed by atoms with Crippen molar-refractivity contribution in [1.82, 2.24) is 15.2 Å². The first kappa shape index (κ1) is 13.1. The molecule has 0 spiro atoms. The number of carboxylic acids is 1. The van der Waals surface area contributed by atoms with Crippen LogP contribution in [0, 0.1) is 0 Å². The zero-order chi connectivity index (χ0) is 12.8. The van der Waals surface area contributed by atoms with Gasteiger partial charge in [0.1, 0.15) is 18.2 Å². The molecule has 0 aliphatic carbocycles. The number of aromatic amines is 1. The van der Waals surface area contributed by atoms with Crippen LogP contribution in [0.4, 0.5) is 0 Å². The molecule has 0 aromatic carbocycles. The molecule has 1 unspecified atom stereocenters. The molecule has 0 bridgehead atoms. The van der Waals surface area contributed by atoms with Crippen molar-refractivity contribution in [3.05, 3.63) is 11.6 Å². The first-order valence-corrected chi connectivity index (χ1v) is 5.38. The van der Waals surface area contributed by atoms with Crippen LogP contribution >= 0.6 is 0 Å². The van der Waals surface area contributed by atoms with E-state index in [9.17, 15) is 9.59 Å². The maximum absolute atomic E-state index is 11.2. The minimum atomic E-state index is -0.978. The maximum atomic E-state index is 11.2. The van der Waals surface area contributed by atoms with Crippen LogP contribution in [-0.2, 0) is 20.7 Å².